The van der Waals surface area contributed by atoms with E-state index in [4.69, 9.17) is 4.74 Å². The van der Waals surface area contributed by atoms with Crippen LogP contribution < -0.4 is 10.3 Å². The lowest BCUT2D eigenvalue weighted by molar-refractivity contribution is 0.0627. The fraction of sp³-hybridized carbons (Fsp3) is 0.280. The molecule has 35 heavy (non-hydrogen) atoms. The molecule has 1 fully saturated rings. The van der Waals surface area contributed by atoms with Crippen molar-refractivity contribution in [3.8, 4) is 16.3 Å². The first-order chi connectivity index (χ1) is 17.0. The third-order valence-electron chi connectivity index (χ3n) is 5.83. The molecule has 2 aromatic carbocycles. The van der Waals surface area contributed by atoms with Crippen LogP contribution in [-0.2, 0) is 6.54 Å². The highest BCUT2D eigenvalue weighted by Gasteiger charge is 2.23. The number of carbonyl (C=O) groups excluding carboxylic acids is 1. The van der Waals surface area contributed by atoms with Crippen LogP contribution in [0.3, 0.4) is 0 Å². The van der Waals surface area contributed by atoms with E-state index in [0.29, 0.717) is 66.1 Å². The number of hydrogen-bond donors (Lipinski definition) is 0. The molecule has 2 aromatic heterocycles. The number of piperazine rings is 1. The molecular weight excluding hydrogens is 469 g/mol. The topological polar surface area (TPSA) is 80.0 Å². The lowest BCUT2D eigenvalue weighted by Gasteiger charge is -2.34. The van der Waals surface area contributed by atoms with E-state index in [0.717, 1.165) is 5.75 Å². The Morgan fingerprint density at radius 2 is 1.86 bits per heavy atom. The lowest BCUT2D eigenvalue weighted by atomic mass is 10.1. The minimum Gasteiger partial charge on any atom is -0.494 e. The van der Waals surface area contributed by atoms with E-state index in [-0.39, 0.29) is 17.3 Å². The Hall–Kier alpha value is -3.63. The third kappa shape index (κ3) is 5.08. The molecule has 1 aliphatic rings. The van der Waals surface area contributed by atoms with Gasteiger partial charge in [-0.05, 0) is 43.3 Å². The smallest absolute Gasteiger partial charge is 0.275 e. The molecule has 0 spiro atoms. The molecule has 180 valence electrons. The number of benzene rings is 2. The number of amides is 1. The standard InChI is InChI=1S/C25H24FN5O3S/c1-2-34-21-8-6-17(7-9-21)24(33)30-12-10-29(11-13-30)16-20-15-22(32)31-25(27-20)35-23(28-31)18-4-3-5-19(26)14-18/h3-9,14-15H,2,10-13,16H2,1H3. The van der Waals surface area contributed by atoms with Crippen molar-refractivity contribution in [1.82, 2.24) is 24.4 Å². The van der Waals surface area contributed by atoms with Gasteiger partial charge in [0.25, 0.3) is 11.5 Å². The van der Waals surface area contributed by atoms with Gasteiger partial charge in [0.15, 0.2) is 0 Å². The van der Waals surface area contributed by atoms with Gasteiger partial charge in [-0.15, -0.1) is 0 Å². The second kappa shape index (κ2) is 9.93. The summed E-state index contributed by atoms with van der Waals surface area (Å²) >= 11 is 1.25. The van der Waals surface area contributed by atoms with Crippen molar-refractivity contribution in [1.29, 1.82) is 0 Å². The monoisotopic (exact) mass is 493 g/mol. The molecule has 1 saturated heterocycles. The molecule has 10 heteroatoms. The predicted octanol–water partition coefficient (Wildman–Crippen LogP) is 3.31. The number of ether oxygens (including phenoxy) is 1. The molecular formula is C25H24FN5O3S. The Morgan fingerprint density at radius 1 is 1.09 bits per heavy atom. The molecule has 0 bridgehead atoms. The average Bonchev–Trinajstić information content (AvgIpc) is 3.30. The van der Waals surface area contributed by atoms with E-state index in [9.17, 15) is 14.0 Å². The molecule has 0 N–H and O–H groups in total. The predicted molar refractivity (Wildman–Crippen MR) is 131 cm³/mol. The molecule has 0 atom stereocenters. The summed E-state index contributed by atoms with van der Waals surface area (Å²) in [6, 6.07) is 14.8. The molecule has 1 aliphatic heterocycles. The second-order valence-electron chi connectivity index (χ2n) is 8.22. The van der Waals surface area contributed by atoms with E-state index in [2.05, 4.69) is 15.0 Å². The van der Waals surface area contributed by atoms with Gasteiger partial charge in [0.1, 0.15) is 16.6 Å². The zero-order valence-corrected chi connectivity index (χ0v) is 20.0. The highest BCUT2D eigenvalue weighted by Crippen LogP contribution is 2.25. The van der Waals surface area contributed by atoms with Gasteiger partial charge in [0, 0.05) is 49.9 Å². The lowest BCUT2D eigenvalue weighted by Crippen LogP contribution is -2.48. The number of hydrogen-bond acceptors (Lipinski definition) is 7. The Kier molecular flexibility index (Phi) is 6.56. The van der Waals surface area contributed by atoms with Crippen LogP contribution in [0.4, 0.5) is 4.39 Å². The van der Waals surface area contributed by atoms with E-state index in [1.165, 1.54) is 34.1 Å². The SMILES string of the molecule is CCOc1ccc(C(=O)N2CCN(Cc3cc(=O)n4nc(-c5cccc(F)c5)sc4n3)CC2)cc1. The number of carbonyl (C=O) groups is 1. The number of halogens is 1. The Balaban J connectivity index is 1.24. The number of fused-ring (bicyclic) bond motifs is 1. The van der Waals surface area contributed by atoms with Gasteiger partial charge in [-0.1, -0.05) is 23.5 Å². The molecule has 8 nitrogen and oxygen atoms in total. The summed E-state index contributed by atoms with van der Waals surface area (Å²) in [4.78, 5) is 34.6. The van der Waals surface area contributed by atoms with Crippen LogP contribution in [0.15, 0.2) is 59.4 Å². The van der Waals surface area contributed by atoms with Crippen LogP contribution >= 0.6 is 11.3 Å². The van der Waals surface area contributed by atoms with Gasteiger partial charge in [0.05, 0.1) is 12.3 Å². The molecule has 1 amide bonds. The van der Waals surface area contributed by atoms with Crippen LogP contribution in [-0.4, -0.2) is 63.1 Å². The Morgan fingerprint density at radius 3 is 2.57 bits per heavy atom. The maximum Gasteiger partial charge on any atom is 0.275 e. The first-order valence-electron chi connectivity index (χ1n) is 11.4. The molecule has 0 unspecified atom stereocenters. The van der Waals surface area contributed by atoms with Gasteiger partial charge in [-0.25, -0.2) is 9.37 Å². The zero-order valence-electron chi connectivity index (χ0n) is 19.2. The second-order valence-corrected chi connectivity index (χ2v) is 9.18. The van der Waals surface area contributed by atoms with Crippen molar-refractivity contribution in [2.75, 3.05) is 32.8 Å². The van der Waals surface area contributed by atoms with Crippen LogP contribution in [0, 0.1) is 5.82 Å². The highest BCUT2D eigenvalue weighted by atomic mass is 32.1. The van der Waals surface area contributed by atoms with Crippen molar-refractivity contribution < 1.29 is 13.9 Å². The van der Waals surface area contributed by atoms with Crippen LogP contribution in [0.25, 0.3) is 15.5 Å². The summed E-state index contributed by atoms with van der Waals surface area (Å²) in [5.41, 5.74) is 1.63. The first kappa shape index (κ1) is 23.1. The molecule has 5 rings (SSSR count). The molecule has 0 radical (unpaired) electrons. The maximum atomic E-state index is 13.6. The number of aromatic nitrogens is 3. The summed E-state index contributed by atoms with van der Waals surface area (Å²) < 4.78 is 20.3. The summed E-state index contributed by atoms with van der Waals surface area (Å²) in [6.45, 7) is 5.56. The maximum absolute atomic E-state index is 13.6. The van der Waals surface area contributed by atoms with Crippen LogP contribution in [0.2, 0.25) is 0 Å². The summed E-state index contributed by atoms with van der Waals surface area (Å²) in [5.74, 6) is 0.390. The largest absolute Gasteiger partial charge is 0.494 e. The van der Waals surface area contributed by atoms with Crippen molar-refractivity contribution in [2.24, 2.45) is 0 Å². The van der Waals surface area contributed by atoms with Gasteiger partial charge >= 0.3 is 0 Å². The number of rotatable bonds is 6. The van der Waals surface area contributed by atoms with Gasteiger partial charge < -0.3 is 9.64 Å². The molecule has 3 heterocycles. The van der Waals surface area contributed by atoms with Crippen molar-refractivity contribution in [3.63, 3.8) is 0 Å². The van der Waals surface area contributed by atoms with E-state index in [1.54, 1.807) is 24.3 Å². The van der Waals surface area contributed by atoms with E-state index < -0.39 is 0 Å². The minimum atomic E-state index is -0.358. The summed E-state index contributed by atoms with van der Waals surface area (Å²) in [7, 11) is 0. The average molecular weight is 494 g/mol. The summed E-state index contributed by atoms with van der Waals surface area (Å²) in [6.07, 6.45) is 0. The highest BCUT2D eigenvalue weighted by molar-refractivity contribution is 7.19. The Labute approximate surface area is 205 Å². The molecule has 0 aliphatic carbocycles. The summed E-state index contributed by atoms with van der Waals surface area (Å²) in [5, 5.41) is 4.85. The molecule has 4 aromatic rings. The van der Waals surface area contributed by atoms with Gasteiger partial charge in [-0.2, -0.15) is 9.61 Å². The third-order valence-corrected chi connectivity index (χ3v) is 6.78. The van der Waals surface area contributed by atoms with Crippen LogP contribution in [0.5, 0.6) is 5.75 Å². The fourth-order valence-electron chi connectivity index (χ4n) is 4.06. The molecule has 0 saturated carbocycles. The quantitative estimate of drug-likeness (QED) is 0.410. The minimum absolute atomic E-state index is 0.0000237. The fourth-order valence-corrected chi connectivity index (χ4v) is 4.98. The van der Waals surface area contributed by atoms with Gasteiger partial charge in [-0.3, -0.25) is 14.5 Å². The Bertz CT molecular complexity index is 1410. The zero-order chi connectivity index (χ0) is 24.4. The first-order valence-corrected chi connectivity index (χ1v) is 12.2. The van der Waals surface area contributed by atoms with Gasteiger partial charge in [0.2, 0.25) is 4.96 Å². The van der Waals surface area contributed by atoms with Crippen molar-refractivity contribution in [2.45, 2.75) is 13.5 Å². The van der Waals surface area contributed by atoms with E-state index >= 15 is 0 Å². The van der Waals surface area contributed by atoms with Crippen molar-refractivity contribution in [3.05, 3.63) is 82.0 Å². The van der Waals surface area contributed by atoms with Crippen LogP contribution in [0.1, 0.15) is 23.0 Å². The van der Waals surface area contributed by atoms with Crippen molar-refractivity contribution >= 4 is 22.2 Å². The van der Waals surface area contributed by atoms with E-state index in [1.807, 2.05) is 24.0 Å². The normalized spacial score (nSPS) is 14.4. The number of nitrogens with zero attached hydrogens (tertiary/aromatic N) is 5.